The van der Waals surface area contributed by atoms with Gasteiger partial charge in [-0.25, -0.2) is 14.6 Å². The van der Waals surface area contributed by atoms with E-state index in [4.69, 9.17) is 9.47 Å². The number of carbonyl (C=O) groups is 2. The molecule has 7 nitrogen and oxygen atoms in total. The van der Waals surface area contributed by atoms with E-state index in [-0.39, 0.29) is 6.61 Å². The minimum atomic E-state index is -0.640. The number of methoxy groups -OCH3 is 1. The molecule has 0 aliphatic carbocycles. The van der Waals surface area contributed by atoms with E-state index in [0.717, 1.165) is 34.0 Å². The standard InChI is InChI=1S/C33H31N3O4/c1-22-29(32(37)39-3)31(28-12-6-10-26-9-4-5-11-27(26)28)30(23(2)35-22)33(38)40-19-7-8-24-13-15-25(16-14-24)20-36-18-17-34-21-36/h4-18,21,31,35H,19-20H2,1-3H3/b8-7+. The fraction of sp³-hybridized carbons (Fsp3) is 0.182. The van der Waals surface area contributed by atoms with Crippen LogP contribution in [0.1, 0.15) is 36.5 Å². The van der Waals surface area contributed by atoms with Gasteiger partial charge in [0.2, 0.25) is 0 Å². The van der Waals surface area contributed by atoms with Crippen molar-refractivity contribution < 1.29 is 19.1 Å². The van der Waals surface area contributed by atoms with E-state index in [9.17, 15) is 9.59 Å². The Hall–Kier alpha value is -4.91. The van der Waals surface area contributed by atoms with Crippen molar-refractivity contribution in [3.05, 3.63) is 131 Å². The van der Waals surface area contributed by atoms with Crippen LogP contribution in [0.3, 0.4) is 0 Å². The number of hydrogen-bond donors (Lipinski definition) is 1. The van der Waals surface area contributed by atoms with Gasteiger partial charge in [-0.15, -0.1) is 0 Å². The quantitative estimate of drug-likeness (QED) is 0.291. The number of esters is 2. The second-order valence-corrected chi connectivity index (χ2v) is 9.67. The molecule has 2 heterocycles. The number of allylic oxidation sites excluding steroid dienone is 2. The summed E-state index contributed by atoms with van der Waals surface area (Å²) in [5.41, 5.74) is 5.08. The van der Waals surface area contributed by atoms with E-state index in [1.165, 1.54) is 7.11 Å². The lowest BCUT2D eigenvalue weighted by Gasteiger charge is -2.31. The van der Waals surface area contributed by atoms with Gasteiger partial charge in [0.15, 0.2) is 0 Å². The number of nitrogens with zero attached hydrogens (tertiary/aromatic N) is 2. The Balaban J connectivity index is 1.36. The fourth-order valence-electron chi connectivity index (χ4n) is 5.17. The zero-order valence-electron chi connectivity index (χ0n) is 22.8. The molecule has 5 rings (SSSR count). The van der Waals surface area contributed by atoms with Crippen LogP contribution in [-0.4, -0.2) is 35.2 Å². The van der Waals surface area contributed by atoms with E-state index in [1.807, 2.05) is 91.4 Å². The number of aromatic nitrogens is 2. The first-order valence-electron chi connectivity index (χ1n) is 13.1. The molecule has 202 valence electrons. The molecular weight excluding hydrogens is 502 g/mol. The molecule has 0 spiro atoms. The monoisotopic (exact) mass is 533 g/mol. The Kier molecular flexibility index (Phi) is 7.92. The second kappa shape index (κ2) is 11.9. The molecule has 1 atom stereocenters. The van der Waals surface area contributed by atoms with Crippen LogP contribution in [0.4, 0.5) is 0 Å². The summed E-state index contributed by atoms with van der Waals surface area (Å²) in [7, 11) is 1.35. The average molecular weight is 534 g/mol. The van der Waals surface area contributed by atoms with Crippen molar-refractivity contribution in [2.24, 2.45) is 0 Å². The van der Waals surface area contributed by atoms with Crippen LogP contribution >= 0.6 is 0 Å². The molecule has 0 fully saturated rings. The number of hydrogen-bond acceptors (Lipinski definition) is 6. The molecule has 0 bridgehead atoms. The molecule has 1 N–H and O–H groups in total. The van der Waals surface area contributed by atoms with E-state index in [1.54, 1.807) is 12.5 Å². The van der Waals surface area contributed by atoms with Gasteiger partial charge in [0.05, 0.1) is 30.5 Å². The van der Waals surface area contributed by atoms with Crippen molar-refractivity contribution in [2.75, 3.05) is 13.7 Å². The number of ether oxygens (including phenoxy) is 2. The summed E-state index contributed by atoms with van der Waals surface area (Å²) in [6.45, 7) is 4.49. The molecule has 1 aliphatic rings. The van der Waals surface area contributed by atoms with Gasteiger partial charge in [-0.1, -0.05) is 72.8 Å². The van der Waals surface area contributed by atoms with Crippen LogP contribution < -0.4 is 5.32 Å². The number of dihydropyridines is 1. The number of fused-ring (bicyclic) bond motifs is 1. The number of benzene rings is 3. The predicted octanol–water partition coefficient (Wildman–Crippen LogP) is 5.75. The summed E-state index contributed by atoms with van der Waals surface area (Å²) < 4.78 is 12.9. The van der Waals surface area contributed by atoms with Gasteiger partial charge in [-0.3, -0.25) is 0 Å². The summed E-state index contributed by atoms with van der Waals surface area (Å²) >= 11 is 0. The molecule has 1 unspecified atom stereocenters. The van der Waals surface area contributed by atoms with Crippen molar-refractivity contribution in [1.29, 1.82) is 0 Å². The molecule has 0 amide bonds. The van der Waals surface area contributed by atoms with Crippen LogP contribution in [0.5, 0.6) is 0 Å². The van der Waals surface area contributed by atoms with Crippen molar-refractivity contribution in [3.63, 3.8) is 0 Å². The van der Waals surface area contributed by atoms with Crippen molar-refractivity contribution >= 4 is 28.8 Å². The molecule has 3 aromatic carbocycles. The van der Waals surface area contributed by atoms with Crippen molar-refractivity contribution in [3.8, 4) is 0 Å². The molecule has 7 heteroatoms. The first kappa shape index (κ1) is 26.7. The van der Waals surface area contributed by atoms with Crippen LogP contribution in [0, 0.1) is 0 Å². The molecular formula is C33H31N3O4. The summed E-state index contributed by atoms with van der Waals surface area (Å²) in [5.74, 6) is -1.62. The molecule has 0 saturated carbocycles. The lowest BCUT2D eigenvalue weighted by molar-refractivity contribution is -0.138. The largest absolute Gasteiger partial charge is 0.466 e. The molecule has 40 heavy (non-hydrogen) atoms. The molecule has 4 aromatic rings. The maximum Gasteiger partial charge on any atom is 0.337 e. The Morgan fingerprint density at radius 1 is 0.950 bits per heavy atom. The van der Waals surface area contributed by atoms with Gasteiger partial charge in [0.1, 0.15) is 6.61 Å². The third-order valence-corrected chi connectivity index (χ3v) is 7.04. The number of carbonyl (C=O) groups excluding carboxylic acids is 2. The van der Waals surface area contributed by atoms with E-state index in [0.29, 0.717) is 22.5 Å². The highest BCUT2D eigenvalue weighted by Crippen LogP contribution is 2.41. The maximum absolute atomic E-state index is 13.6. The van der Waals surface area contributed by atoms with Crippen LogP contribution in [0.15, 0.2) is 114 Å². The predicted molar refractivity (Wildman–Crippen MR) is 155 cm³/mol. The van der Waals surface area contributed by atoms with Gasteiger partial charge < -0.3 is 19.4 Å². The number of rotatable bonds is 8. The smallest absolute Gasteiger partial charge is 0.337 e. The van der Waals surface area contributed by atoms with Crippen molar-refractivity contribution in [2.45, 2.75) is 26.3 Å². The van der Waals surface area contributed by atoms with Gasteiger partial charge in [0.25, 0.3) is 0 Å². The molecule has 1 aliphatic heterocycles. The van der Waals surface area contributed by atoms with Gasteiger partial charge >= 0.3 is 11.9 Å². The summed E-state index contributed by atoms with van der Waals surface area (Å²) in [6, 6.07) is 22.0. The zero-order valence-corrected chi connectivity index (χ0v) is 22.8. The maximum atomic E-state index is 13.6. The van der Waals surface area contributed by atoms with E-state index >= 15 is 0 Å². The van der Waals surface area contributed by atoms with Crippen LogP contribution in [0.25, 0.3) is 16.8 Å². The van der Waals surface area contributed by atoms with Gasteiger partial charge in [0, 0.05) is 30.3 Å². The van der Waals surface area contributed by atoms with E-state index < -0.39 is 17.9 Å². The van der Waals surface area contributed by atoms with Crippen LogP contribution in [-0.2, 0) is 25.6 Å². The lowest BCUT2D eigenvalue weighted by atomic mass is 9.78. The first-order chi connectivity index (χ1) is 19.5. The topological polar surface area (TPSA) is 82.5 Å². The average Bonchev–Trinajstić information content (AvgIpc) is 3.48. The Morgan fingerprint density at radius 3 is 2.40 bits per heavy atom. The van der Waals surface area contributed by atoms with Crippen LogP contribution in [0.2, 0.25) is 0 Å². The summed E-state index contributed by atoms with van der Waals surface area (Å²) in [6.07, 6.45) is 9.20. The van der Waals surface area contributed by atoms with Gasteiger partial charge in [-0.2, -0.15) is 0 Å². The Bertz CT molecular complexity index is 1620. The Labute approximate surface area is 233 Å². The first-order valence-corrected chi connectivity index (χ1v) is 13.1. The minimum Gasteiger partial charge on any atom is -0.466 e. The normalized spacial score (nSPS) is 15.4. The fourth-order valence-corrected chi connectivity index (χ4v) is 5.17. The highest BCUT2D eigenvalue weighted by molar-refractivity contribution is 6.02. The zero-order chi connectivity index (χ0) is 28.1. The Morgan fingerprint density at radius 2 is 1.68 bits per heavy atom. The van der Waals surface area contributed by atoms with Crippen molar-refractivity contribution in [1.82, 2.24) is 14.9 Å². The minimum absolute atomic E-state index is 0.0882. The third-order valence-electron chi connectivity index (χ3n) is 7.04. The lowest BCUT2D eigenvalue weighted by Crippen LogP contribution is -2.32. The molecule has 0 radical (unpaired) electrons. The summed E-state index contributed by atoms with van der Waals surface area (Å²) in [5, 5.41) is 5.17. The number of nitrogens with one attached hydrogen (secondary N) is 1. The third kappa shape index (κ3) is 5.59. The summed E-state index contributed by atoms with van der Waals surface area (Å²) in [4.78, 5) is 30.6. The molecule has 1 aromatic heterocycles. The van der Waals surface area contributed by atoms with Gasteiger partial charge in [-0.05, 0) is 47.4 Å². The highest BCUT2D eigenvalue weighted by atomic mass is 16.5. The number of imidazole rings is 1. The SMILES string of the molecule is COC(=O)C1=C(C)NC(C)=C(C(=O)OC/C=C/c2ccc(Cn3ccnc3)cc2)C1c1cccc2ccccc12. The molecule has 0 saturated heterocycles. The second-order valence-electron chi connectivity index (χ2n) is 9.67. The van der Waals surface area contributed by atoms with E-state index in [2.05, 4.69) is 22.4 Å². The highest BCUT2D eigenvalue weighted by Gasteiger charge is 2.38.